The van der Waals surface area contributed by atoms with Gasteiger partial charge in [0.15, 0.2) is 5.84 Å². The first-order valence-electron chi connectivity index (χ1n) is 5.17. The van der Waals surface area contributed by atoms with Gasteiger partial charge in [-0.25, -0.2) is 4.98 Å². The number of nitrogens with zero attached hydrogens (tertiary/aromatic N) is 2. The molecular formula is C12H9BrClN3O2. The molecule has 0 unspecified atom stereocenters. The molecule has 0 amide bonds. The van der Waals surface area contributed by atoms with Crippen LogP contribution < -0.4 is 10.5 Å². The van der Waals surface area contributed by atoms with Gasteiger partial charge in [0.2, 0.25) is 0 Å². The van der Waals surface area contributed by atoms with Gasteiger partial charge in [-0.15, -0.1) is 0 Å². The number of benzene rings is 1. The van der Waals surface area contributed by atoms with Crippen LogP contribution in [0.2, 0.25) is 5.02 Å². The number of ether oxygens (including phenoxy) is 1. The average Bonchev–Trinajstić information content (AvgIpc) is 2.43. The third-order valence-corrected chi connectivity index (χ3v) is 3.03. The molecule has 0 saturated heterocycles. The summed E-state index contributed by atoms with van der Waals surface area (Å²) in [5.41, 5.74) is 5.77. The van der Waals surface area contributed by atoms with Crippen molar-refractivity contribution in [3.8, 4) is 11.5 Å². The number of pyridine rings is 1. The third kappa shape index (κ3) is 3.36. The molecule has 7 heteroatoms. The van der Waals surface area contributed by atoms with Gasteiger partial charge in [-0.2, -0.15) is 0 Å². The lowest BCUT2D eigenvalue weighted by molar-refractivity contribution is 0.318. The van der Waals surface area contributed by atoms with E-state index >= 15 is 0 Å². The highest BCUT2D eigenvalue weighted by Crippen LogP contribution is 2.31. The normalized spacial score (nSPS) is 11.4. The van der Waals surface area contributed by atoms with Crippen LogP contribution in [0.25, 0.3) is 0 Å². The predicted molar refractivity (Wildman–Crippen MR) is 76.0 cm³/mol. The summed E-state index contributed by atoms with van der Waals surface area (Å²) in [7, 11) is 0. The summed E-state index contributed by atoms with van der Waals surface area (Å²) >= 11 is 9.35. The standard InChI is InChI=1S/C12H9BrClN3O2/c13-7-1-3-9(14)11(5-7)19-8-2-4-10(16-6-8)12(15)17-18/h1-6,18H,(H2,15,17). The van der Waals surface area contributed by atoms with Crippen molar-refractivity contribution in [1.82, 2.24) is 4.98 Å². The number of oxime groups is 1. The zero-order chi connectivity index (χ0) is 13.8. The Morgan fingerprint density at radius 3 is 2.79 bits per heavy atom. The van der Waals surface area contributed by atoms with Crippen molar-refractivity contribution in [3.63, 3.8) is 0 Å². The summed E-state index contributed by atoms with van der Waals surface area (Å²) in [6.45, 7) is 0. The summed E-state index contributed by atoms with van der Waals surface area (Å²) in [4.78, 5) is 4.00. The van der Waals surface area contributed by atoms with Crippen molar-refractivity contribution in [2.24, 2.45) is 10.9 Å². The highest BCUT2D eigenvalue weighted by molar-refractivity contribution is 9.10. The van der Waals surface area contributed by atoms with Crippen LogP contribution in [-0.4, -0.2) is 16.0 Å². The third-order valence-electron chi connectivity index (χ3n) is 2.23. The lowest BCUT2D eigenvalue weighted by atomic mass is 10.3. The van der Waals surface area contributed by atoms with E-state index in [4.69, 9.17) is 27.3 Å². The van der Waals surface area contributed by atoms with Crippen LogP contribution in [0.1, 0.15) is 5.69 Å². The number of hydrogen-bond donors (Lipinski definition) is 2. The zero-order valence-electron chi connectivity index (χ0n) is 9.55. The number of hydrogen-bond acceptors (Lipinski definition) is 4. The molecule has 0 aliphatic carbocycles. The monoisotopic (exact) mass is 341 g/mol. The first kappa shape index (κ1) is 13.6. The van der Waals surface area contributed by atoms with Crippen molar-refractivity contribution in [1.29, 1.82) is 0 Å². The van der Waals surface area contributed by atoms with Crippen LogP contribution in [-0.2, 0) is 0 Å². The van der Waals surface area contributed by atoms with Gasteiger partial charge in [0.25, 0.3) is 0 Å². The van der Waals surface area contributed by atoms with E-state index in [1.165, 1.54) is 6.20 Å². The molecular weight excluding hydrogens is 334 g/mol. The summed E-state index contributed by atoms with van der Waals surface area (Å²) in [5, 5.41) is 11.9. The molecule has 1 aromatic carbocycles. The highest BCUT2D eigenvalue weighted by Gasteiger charge is 2.06. The van der Waals surface area contributed by atoms with Gasteiger partial charge in [0, 0.05) is 4.47 Å². The number of nitrogens with two attached hydrogens (primary N) is 1. The van der Waals surface area contributed by atoms with Crippen LogP contribution in [0.15, 0.2) is 46.2 Å². The van der Waals surface area contributed by atoms with Gasteiger partial charge in [-0.1, -0.05) is 32.7 Å². The molecule has 0 aliphatic heterocycles. The second-order valence-electron chi connectivity index (χ2n) is 3.54. The predicted octanol–water partition coefficient (Wildman–Crippen LogP) is 3.38. The van der Waals surface area contributed by atoms with Crippen molar-refractivity contribution in [3.05, 3.63) is 51.7 Å². The SMILES string of the molecule is N/C(=N/O)c1ccc(Oc2cc(Br)ccc2Cl)cn1. The second-order valence-corrected chi connectivity index (χ2v) is 4.86. The van der Waals surface area contributed by atoms with Crippen molar-refractivity contribution in [2.45, 2.75) is 0 Å². The highest BCUT2D eigenvalue weighted by atomic mass is 79.9. The molecule has 0 aliphatic rings. The van der Waals surface area contributed by atoms with Gasteiger partial charge in [-0.05, 0) is 30.3 Å². The van der Waals surface area contributed by atoms with E-state index < -0.39 is 0 Å². The van der Waals surface area contributed by atoms with E-state index in [0.717, 1.165) is 4.47 Å². The Morgan fingerprint density at radius 1 is 1.37 bits per heavy atom. The van der Waals surface area contributed by atoms with Crippen LogP contribution in [0.5, 0.6) is 11.5 Å². The van der Waals surface area contributed by atoms with E-state index in [1.54, 1.807) is 24.3 Å². The Kier molecular flexibility index (Phi) is 4.24. The lowest BCUT2D eigenvalue weighted by Gasteiger charge is -2.08. The molecule has 19 heavy (non-hydrogen) atoms. The van der Waals surface area contributed by atoms with E-state index in [0.29, 0.717) is 22.2 Å². The second kappa shape index (κ2) is 5.90. The Bertz CT molecular complexity index is 617. The molecule has 2 rings (SSSR count). The van der Waals surface area contributed by atoms with Crippen molar-refractivity contribution >= 4 is 33.4 Å². The molecule has 5 nitrogen and oxygen atoms in total. The Labute approximate surface area is 122 Å². The lowest BCUT2D eigenvalue weighted by Crippen LogP contribution is -2.14. The van der Waals surface area contributed by atoms with Gasteiger partial charge < -0.3 is 15.7 Å². The minimum absolute atomic E-state index is 0.0629. The van der Waals surface area contributed by atoms with Crippen molar-refractivity contribution in [2.75, 3.05) is 0 Å². The maximum Gasteiger partial charge on any atom is 0.188 e. The van der Waals surface area contributed by atoms with Gasteiger partial charge >= 0.3 is 0 Å². The number of amidine groups is 1. The average molecular weight is 343 g/mol. The maximum absolute atomic E-state index is 8.53. The van der Waals surface area contributed by atoms with Crippen LogP contribution in [0.4, 0.5) is 0 Å². The Morgan fingerprint density at radius 2 is 2.16 bits per heavy atom. The number of rotatable bonds is 3. The van der Waals surface area contributed by atoms with Gasteiger partial charge in [0.05, 0.1) is 11.2 Å². The molecule has 0 spiro atoms. The van der Waals surface area contributed by atoms with E-state index in [1.807, 2.05) is 6.07 Å². The molecule has 0 saturated carbocycles. The summed E-state index contributed by atoms with van der Waals surface area (Å²) in [6.07, 6.45) is 1.46. The minimum Gasteiger partial charge on any atom is -0.454 e. The molecule has 1 heterocycles. The zero-order valence-corrected chi connectivity index (χ0v) is 11.9. The fourth-order valence-electron chi connectivity index (χ4n) is 1.33. The number of aromatic nitrogens is 1. The molecule has 2 aromatic rings. The molecule has 0 fully saturated rings. The van der Waals surface area contributed by atoms with E-state index in [2.05, 4.69) is 26.1 Å². The first-order valence-corrected chi connectivity index (χ1v) is 6.34. The van der Waals surface area contributed by atoms with Crippen LogP contribution >= 0.6 is 27.5 Å². The summed E-state index contributed by atoms with van der Waals surface area (Å²) in [6, 6.07) is 8.52. The topological polar surface area (TPSA) is 80.7 Å². The largest absolute Gasteiger partial charge is 0.454 e. The van der Waals surface area contributed by atoms with E-state index in [-0.39, 0.29) is 5.84 Å². The fraction of sp³-hybridized carbons (Fsp3) is 0. The molecule has 0 atom stereocenters. The smallest absolute Gasteiger partial charge is 0.188 e. The minimum atomic E-state index is -0.0629. The molecule has 98 valence electrons. The molecule has 0 bridgehead atoms. The first-order chi connectivity index (χ1) is 9.10. The summed E-state index contributed by atoms with van der Waals surface area (Å²) < 4.78 is 6.45. The molecule has 0 radical (unpaired) electrons. The van der Waals surface area contributed by atoms with Crippen molar-refractivity contribution < 1.29 is 9.94 Å². The Hall–Kier alpha value is -1.79. The Balaban J connectivity index is 2.22. The fourth-order valence-corrected chi connectivity index (χ4v) is 1.82. The van der Waals surface area contributed by atoms with Crippen LogP contribution in [0, 0.1) is 0 Å². The van der Waals surface area contributed by atoms with Gasteiger partial charge in [0.1, 0.15) is 17.2 Å². The maximum atomic E-state index is 8.53. The number of halogens is 2. The van der Waals surface area contributed by atoms with Crippen LogP contribution in [0.3, 0.4) is 0 Å². The summed E-state index contributed by atoms with van der Waals surface area (Å²) in [5.74, 6) is 0.941. The van der Waals surface area contributed by atoms with Gasteiger partial charge in [-0.3, -0.25) is 0 Å². The molecule has 3 N–H and O–H groups in total. The van der Waals surface area contributed by atoms with E-state index in [9.17, 15) is 0 Å². The molecule has 1 aromatic heterocycles. The quantitative estimate of drug-likeness (QED) is 0.388.